The van der Waals surface area contributed by atoms with E-state index in [9.17, 15) is 14.4 Å². The molecule has 1 aromatic heterocycles. The van der Waals surface area contributed by atoms with Gasteiger partial charge in [-0.25, -0.2) is 0 Å². The Labute approximate surface area is 156 Å². The van der Waals surface area contributed by atoms with Crippen LogP contribution in [0, 0.1) is 0 Å². The van der Waals surface area contributed by atoms with Crippen molar-refractivity contribution in [2.45, 2.75) is 31.9 Å². The topological polar surface area (TPSA) is 97.0 Å². The summed E-state index contributed by atoms with van der Waals surface area (Å²) in [6.45, 7) is 1.83. The summed E-state index contributed by atoms with van der Waals surface area (Å²) in [6, 6.07) is 9.76. The van der Waals surface area contributed by atoms with Crippen molar-refractivity contribution >= 4 is 17.7 Å². The molecule has 1 aromatic carbocycles. The third-order valence-corrected chi connectivity index (χ3v) is 4.77. The molecule has 1 saturated heterocycles. The van der Waals surface area contributed by atoms with E-state index in [4.69, 9.17) is 14.3 Å². The fourth-order valence-electron chi connectivity index (χ4n) is 3.31. The lowest BCUT2D eigenvalue weighted by atomic mass is 10.1. The van der Waals surface area contributed by atoms with Crippen LogP contribution in [0.5, 0.6) is 0 Å². The zero-order valence-electron chi connectivity index (χ0n) is 15.2. The number of amides is 1. The number of benzene rings is 1. The first-order valence-corrected chi connectivity index (χ1v) is 8.65. The van der Waals surface area contributed by atoms with Gasteiger partial charge in [-0.15, -0.1) is 0 Å². The summed E-state index contributed by atoms with van der Waals surface area (Å²) in [6.07, 6.45) is 0.159. The average Bonchev–Trinajstić information content (AvgIpc) is 3.28. The van der Waals surface area contributed by atoms with Gasteiger partial charge in [-0.05, 0) is 25.5 Å². The fraction of sp³-hybridized carbons (Fsp3) is 0.350. The van der Waals surface area contributed by atoms with Crippen LogP contribution in [-0.2, 0) is 9.53 Å². The minimum atomic E-state index is -0.958. The third-order valence-electron chi connectivity index (χ3n) is 4.77. The highest BCUT2D eigenvalue weighted by Gasteiger charge is 2.37. The zero-order valence-corrected chi connectivity index (χ0v) is 15.2. The van der Waals surface area contributed by atoms with Crippen molar-refractivity contribution in [1.29, 1.82) is 0 Å². The Hall–Kier alpha value is -2.93. The molecule has 1 N–H and O–H groups in total. The summed E-state index contributed by atoms with van der Waals surface area (Å²) in [5, 5.41) is 9.09. The maximum Gasteiger partial charge on any atom is 0.305 e. The van der Waals surface area contributed by atoms with Crippen molar-refractivity contribution < 1.29 is 28.6 Å². The van der Waals surface area contributed by atoms with Crippen LogP contribution in [0.2, 0.25) is 0 Å². The van der Waals surface area contributed by atoms with Crippen LogP contribution in [0.4, 0.5) is 0 Å². The molecule has 2 atom stereocenters. The van der Waals surface area contributed by atoms with E-state index >= 15 is 0 Å². The normalized spacial score (nSPS) is 19.3. The van der Waals surface area contributed by atoms with Gasteiger partial charge in [-0.3, -0.25) is 14.4 Å². The molecule has 1 fully saturated rings. The van der Waals surface area contributed by atoms with E-state index in [1.54, 1.807) is 43.5 Å². The molecule has 2 aromatic rings. The second-order valence-corrected chi connectivity index (χ2v) is 6.60. The molecule has 1 aliphatic heterocycles. The highest BCUT2D eigenvalue weighted by Crippen LogP contribution is 2.28. The molecule has 1 aliphatic rings. The van der Waals surface area contributed by atoms with Crippen LogP contribution in [0.15, 0.2) is 40.8 Å². The number of furan rings is 1. The zero-order chi connectivity index (χ0) is 19.6. The smallest absolute Gasteiger partial charge is 0.305 e. The molecule has 2 heterocycles. The van der Waals surface area contributed by atoms with Gasteiger partial charge in [0.15, 0.2) is 11.5 Å². The predicted octanol–water partition coefficient (Wildman–Crippen LogP) is 2.85. The number of Topliss-reactive ketones (excluding diaryl/α,β-unsaturated/α-hetero) is 1. The number of carbonyl (C=O) groups excluding carboxylic acids is 2. The van der Waals surface area contributed by atoms with E-state index < -0.39 is 12.0 Å². The van der Waals surface area contributed by atoms with Gasteiger partial charge in [0, 0.05) is 30.8 Å². The van der Waals surface area contributed by atoms with Crippen LogP contribution >= 0.6 is 0 Å². The summed E-state index contributed by atoms with van der Waals surface area (Å²) >= 11 is 0. The average molecular weight is 371 g/mol. The molecular formula is C20H21NO6. The van der Waals surface area contributed by atoms with Gasteiger partial charge in [0.1, 0.15) is 5.76 Å². The maximum absolute atomic E-state index is 12.8. The lowest BCUT2D eigenvalue weighted by Gasteiger charge is -2.21. The number of aliphatic carboxylic acids is 1. The summed E-state index contributed by atoms with van der Waals surface area (Å²) in [5.41, 5.74) is 1.35. The van der Waals surface area contributed by atoms with Gasteiger partial charge in [0.05, 0.1) is 12.5 Å². The molecule has 7 heteroatoms. The Morgan fingerprint density at radius 3 is 2.48 bits per heavy atom. The summed E-state index contributed by atoms with van der Waals surface area (Å²) < 4.78 is 11.0. The van der Waals surface area contributed by atoms with Gasteiger partial charge in [0.2, 0.25) is 0 Å². The number of rotatable bonds is 6. The molecule has 7 nitrogen and oxygen atoms in total. The van der Waals surface area contributed by atoms with Gasteiger partial charge >= 0.3 is 5.97 Å². The molecule has 0 saturated carbocycles. The number of nitrogens with zero attached hydrogens (tertiary/aromatic N) is 1. The Balaban J connectivity index is 1.79. The number of carboxylic acid groups (broad SMARTS) is 1. The third kappa shape index (κ3) is 4.09. The molecule has 1 amide bonds. The first kappa shape index (κ1) is 18.8. The van der Waals surface area contributed by atoms with Crippen LogP contribution in [0.3, 0.4) is 0 Å². The first-order chi connectivity index (χ1) is 12.9. The standard InChI is InChI=1S/C20H21NO6/c1-12(22)13-3-5-14(6-4-13)17-7-8-18(27-17)20(25)21-11-16(26-2)9-15(21)10-19(23)24/h3-8,15-16H,9-11H2,1-2H3,(H,23,24). The van der Waals surface area contributed by atoms with Crippen molar-refractivity contribution in [3.63, 3.8) is 0 Å². The largest absolute Gasteiger partial charge is 0.481 e. The minimum Gasteiger partial charge on any atom is -0.481 e. The van der Waals surface area contributed by atoms with E-state index in [1.165, 1.54) is 11.8 Å². The number of ether oxygens (including phenoxy) is 1. The molecule has 0 radical (unpaired) electrons. The van der Waals surface area contributed by atoms with Crippen molar-refractivity contribution in [3.8, 4) is 11.3 Å². The van der Waals surface area contributed by atoms with Crippen LogP contribution in [-0.4, -0.2) is 53.5 Å². The number of carbonyl (C=O) groups is 3. The minimum absolute atomic E-state index is 0.0249. The quantitative estimate of drug-likeness (QED) is 0.784. The number of hydrogen-bond donors (Lipinski definition) is 1. The molecule has 0 bridgehead atoms. The molecule has 2 unspecified atom stereocenters. The summed E-state index contributed by atoms with van der Waals surface area (Å²) in [7, 11) is 1.55. The molecular weight excluding hydrogens is 350 g/mol. The van der Waals surface area contributed by atoms with E-state index in [-0.39, 0.29) is 30.0 Å². The van der Waals surface area contributed by atoms with Crippen molar-refractivity contribution in [1.82, 2.24) is 4.90 Å². The SMILES string of the molecule is COC1CC(CC(=O)O)N(C(=O)c2ccc(-c3ccc(C(C)=O)cc3)o2)C1. The molecule has 0 spiro atoms. The summed E-state index contributed by atoms with van der Waals surface area (Å²) in [5.74, 6) is -0.686. The number of carboxylic acids is 1. The number of likely N-dealkylation sites (tertiary alicyclic amines) is 1. The van der Waals surface area contributed by atoms with Gasteiger partial charge in [-0.1, -0.05) is 24.3 Å². The van der Waals surface area contributed by atoms with Crippen LogP contribution in [0.1, 0.15) is 40.7 Å². The Morgan fingerprint density at radius 2 is 1.89 bits per heavy atom. The predicted molar refractivity (Wildman–Crippen MR) is 96.6 cm³/mol. The second-order valence-electron chi connectivity index (χ2n) is 6.60. The Morgan fingerprint density at radius 1 is 1.19 bits per heavy atom. The van der Waals surface area contributed by atoms with Crippen molar-refractivity contribution in [3.05, 3.63) is 47.7 Å². The van der Waals surface area contributed by atoms with Gasteiger partial charge in [0.25, 0.3) is 5.91 Å². The van der Waals surface area contributed by atoms with Gasteiger partial charge < -0.3 is 19.2 Å². The van der Waals surface area contributed by atoms with E-state index in [2.05, 4.69) is 0 Å². The lowest BCUT2D eigenvalue weighted by molar-refractivity contribution is -0.138. The Kier molecular flexibility index (Phi) is 5.41. The fourth-order valence-corrected chi connectivity index (χ4v) is 3.31. The van der Waals surface area contributed by atoms with Crippen molar-refractivity contribution in [2.75, 3.05) is 13.7 Å². The number of methoxy groups -OCH3 is 1. The number of ketones is 1. The van der Waals surface area contributed by atoms with Crippen LogP contribution < -0.4 is 0 Å². The number of hydrogen-bond acceptors (Lipinski definition) is 5. The highest BCUT2D eigenvalue weighted by atomic mass is 16.5. The first-order valence-electron chi connectivity index (χ1n) is 8.65. The van der Waals surface area contributed by atoms with Crippen LogP contribution in [0.25, 0.3) is 11.3 Å². The molecule has 27 heavy (non-hydrogen) atoms. The summed E-state index contributed by atoms with van der Waals surface area (Å²) in [4.78, 5) is 36.8. The van der Waals surface area contributed by atoms with Gasteiger partial charge in [-0.2, -0.15) is 0 Å². The Bertz CT molecular complexity index is 854. The van der Waals surface area contributed by atoms with Crippen molar-refractivity contribution in [2.24, 2.45) is 0 Å². The van der Waals surface area contributed by atoms with E-state index in [1.807, 2.05) is 0 Å². The second kappa shape index (κ2) is 7.75. The molecule has 142 valence electrons. The monoisotopic (exact) mass is 371 g/mol. The highest BCUT2D eigenvalue weighted by molar-refractivity contribution is 5.95. The lowest BCUT2D eigenvalue weighted by Crippen LogP contribution is -2.37. The van der Waals surface area contributed by atoms with E-state index in [0.717, 1.165) is 5.56 Å². The molecule has 0 aliphatic carbocycles. The maximum atomic E-state index is 12.8. The molecule has 3 rings (SSSR count). The van der Waals surface area contributed by atoms with E-state index in [0.29, 0.717) is 24.3 Å².